The average molecular weight is 413 g/mol. The number of rotatable bonds is 7. The lowest BCUT2D eigenvalue weighted by atomic mass is 10.1. The Morgan fingerprint density at radius 1 is 0.966 bits per heavy atom. The van der Waals surface area contributed by atoms with Crippen LogP contribution in [-0.2, 0) is 22.8 Å². The molecule has 154 valence electrons. The second kappa shape index (κ2) is 9.60. The quantitative estimate of drug-likeness (QED) is 0.415. The highest BCUT2D eigenvalue weighted by atomic mass is 32.2. The van der Waals surface area contributed by atoms with Crippen molar-refractivity contribution in [2.75, 3.05) is 37.8 Å². The summed E-state index contributed by atoms with van der Waals surface area (Å²) in [4.78, 5) is 6.93. The van der Waals surface area contributed by atoms with Crippen molar-refractivity contribution in [3.05, 3.63) is 71.8 Å². The van der Waals surface area contributed by atoms with Crippen molar-refractivity contribution in [3.63, 3.8) is 0 Å². The molecule has 0 saturated carbocycles. The fourth-order valence-electron chi connectivity index (χ4n) is 3.15. The van der Waals surface area contributed by atoms with Crippen LogP contribution in [0.5, 0.6) is 0 Å². The van der Waals surface area contributed by atoms with Gasteiger partial charge in [-0.2, -0.15) is 0 Å². The van der Waals surface area contributed by atoms with Gasteiger partial charge in [0.15, 0.2) is 15.8 Å². The van der Waals surface area contributed by atoms with E-state index in [9.17, 15) is 8.42 Å². The monoisotopic (exact) mass is 412 g/mol. The summed E-state index contributed by atoms with van der Waals surface area (Å²) in [5, 5.41) is 6.62. The van der Waals surface area contributed by atoms with Crippen LogP contribution in [0, 0.1) is 0 Å². The Labute approximate surface area is 173 Å². The van der Waals surface area contributed by atoms with Crippen molar-refractivity contribution in [2.24, 2.45) is 4.99 Å². The number of anilines is 1. The van der Waals surface area contributed by atoms with E-state index in [2.05, 4.69) is 56.9 Å². The van der Waals surface area contributed by atoms with Crippen LogP contribution in [0.3, 0.4) is 0 Å². The Bertz CT molecular complexity index is 957. The highest BCUT2D eigenvalue weighted by molar-refractivity contribution is 7.90. The van der Waals surface area contributed by atoms with E-state index in [-0.39, 0.29) is 0 Å². The van der Waals surface area contributed by atoms with Crippen molar-refractivity contribution in [2.45, 2.75) is 17.9 Å². The van der Waals surface area contributed by atoms with Crippen LogP contribution in [0.1, 0.15) is 11.1 Å². The van der Waals surface area contributed by atoms with Gasteiger partial charge in [-0.1, -0.05) is 36.4 Å². The van der Waals surface area contributed by atoms with Crippen LogP contribution in [0.25, 0.3) is 0 Å². The van der Waals surface area contributed by atoms with E-state index in [4.69, 9.17) is 0 Å². The zero-order valence-electron chi connectivity index (χ0n) is 16.9. The molecule has 0 spiro atoms. The zero-order valence-corrected chi connectivity index (χ0v) is 17.7. The molecule has 0 atom stereocenters. The Kier molecular flexibility index (Phi) is 6.93. The van der Waals surface area contributed by atoms with Crippen LogP contribution in [0.4, 0.5) is 5.69 Å². The maximum atomic E-state index is 11.5. The third-order valence-electron chi connectivity index (χ3n) is 4.86. The van der Waals surface area contributed by atoms with Gasteiger partial charge >= 0.3 is 0 Å². The lowest BCUT2D eigenvalue weighted by Crippen LogP contribution is -2.37. The average Bonchev–Trinajstić information content (AvgIpc) is 3.25. The van der Waals surface area contributed by atoms with E-state index in [0.29, 0.717) is 18.0 Å². The maximum Gasteiger partial charge on any atom is 0.191 e. The zero-order chi connectivity index (χ0) is 20.7. The number of sulfone groups is 1. The number of hydrogen-bond acceptors (Lipinski definition) is 4. The number of guanidine groups is 1. The number of hydrogen-bond donors (Lipinski definition) is 2. The molecule has 2 aromatic rings. The first kappa shape index (κ1) is 20.9. The minimum atomic E-state index is -3.15. The lowest BCUT2D eigenvalue weighted by molar-refractivity contribution is 0.602. The molecule has 0 aliphatic carbocycles. The predicted octanol–water partition coefficient (Wildman–Crippen LogP) is 2.37. The van der Waals surface area contributed by atoms with E-state index in [1.807, 2.05) is 12.1 Å². The van der Waals surface area contributed by atoms with Gasteiger partial charge in [-0.15, -0.1) is 0 Å². The van der Waals surface area contributed by atoms with Gasteiger partial charge in [0.2, 0.25) is 0 Å². The number of benzene rings is 2. The molecule has 0 unspecified atom stereocenters. The van der Waals surface area contributed by atoms with Crippen molar-refractivity contribution < 1.29 is 8.42 Å². The minimum absolute atomic E-state index is 0.346. The van der Waals surface area contributed by atoms with Crippen molar-refractivity contribution in [1.29, 1.82) is 0 Å². The topological polar surface area (TPSA) is 73.8 Å². The molecule has 0 radical (unpaired) electrons. The Morgan fingerprint density at radius 3 is 2.17 bits per heavy atom. The van der Waals surface area contributed by atoms with E-state index in [1.165, 1.54) is 17.5 Å². The van der Waals surface area contributed by atoms with Crippen LogP contribution in [0.15, 0.2) is 70.6 Å². The summed E-state index contributed by atoms with van der Waals surface area (Å²) < 4.78 is 23.0. The van der Waals surface area contributed by atoms with Crippen molar-refractivity contribution >= 4 is 21.5 Å². The summed E-state index contributed by atoms with van der Waals surface area (Å²) in [6.45, 7) is 3.36. The van der Waals surface area contributed by atoms with Gasteiger partial charge in [-0.05, 0) is 41.8 Å². The SMILES string of the molecule is CN=C(NCCc1ccc(S(C)(=O)=O)cc1)NCc1ccc(N2CC=CC2)cc1. The van der Waals surface area contributed by atoms with E-state index in [0.717, 1.165) is 31.0 Å². The van der Waals surface area contributed by atoms with Gasteiger partial charge in [0, 0.05) is 45.2 Å². The summed E-state index contributed by atoms with van der Waals surface area (Å²) in [5.41, 5.74) is 3.51. The second-order valence-corrected chi connectivity index (χ2v) is 9.08. The number of aliphatic imine (C=N–C) groups is 1. The van der Waals surface area contributed by atoms with Crippen molar-refractivity contribution in [1.82, 2.24) is 10.6 Å². The van der Waals surface area contributed by atoms with Gasteiger partial charge < -0.3 is 15.5 Å². The van der Waals surface area contributed by atoms with Gasteiger partial charge in [0.05, 0.1) is 4.90 Å². The minimum Gasteiger partial charge on any atom is -0.364 e. The summed E-state index contributed by atoms with van der Waals surface area (Å²) in [7, 11) is -1.40. The predicted molar refractivity (Wildman–Crippen MR) is 119 cm³/mol. The third kappa shape index (κ3) is 6.09. The molecule has 6 nitrogen and oxygen atoms in total. The summed E-state index contributed by atoms with van der Waals surface area (Å²) >= 11 is 0. The van der Waals surface area contributed by atoms with Crippen LogP contribution >= 0.6 is 0 Å². The smallest absolute Gasteiger partial charge is 0.191 e. The van der Waals surface area contributed by atoms with Crippen LogP contribution in [0.2, 0.25) is 0 Å². The van der Waals surface area contributed by atoms with Gasteiger partial charge in [0.25, 0.3) is 0 Å². The molecule has 2 aromatic carbocycles. The maximum absolute atomic E-state index is 11.5. The fourth-order valence-corrected chi connectivity index (χ4v) is 3.78. The molecule has 29 heavy (non-hydrogen) atoms. The molecular formula is C22H28N4O2S. The molecule has 0 fully saturated rings. The highest BCUT2D eigenvalue weighted by Crippen LogP contribution is 2.17. The van der Waals surface area contributed by atoms with Crippen LogP contribution < -0.4 is 15.5 Å². The first-order chi connectivity index (χ1) is 14.0. The van der Waals surface area contributed by atoms with E-state index < -0.39 is 9.84 Å². The molecule has 1 heterocycles. The Hall–Kier alpha value is -2.80. The summed E-state index contributed by atoms with van der Waals surface area (Å²) in [6, 6.07) is 15.6. The molecule has 0 saturated heterocycles. The number of nitrogens with one attached hydrogen (secondary N) is 2. The highest BCUT2D eigenvalue weighted by Gasteiger charge is 2.08. The normalized spacial score (nSPS) is 14.3. The van der Waals surface area contributed by atoms with Crippen LogP contribution in [-0.4, -0.2) is 47.3 Å². The molecule has 0 bridgehead atoms. The standard InChI is InChI=1S/C22H28N4O2S/c1-23-22(24-14-13-18-7-11-21(12-8-18)29(2,27)28)25-17-19-5-9-20(10-6-19)26-15-3-4-16-26/h3-12H,13-17H2,1-2H3,(H2,23,24,25). The summed E-state index contributed by atoms with van der Waals surface area (Å²) in [6.07, 6.45) is 6.37. The first-order valence-electron chi connectivity index (χ1n) is 9.68. The molecule has 0 aromatic heterocycles. The first-order valence-corrected chi connectivity index (χ1v) is 11.6. The summed E-state index contributed by atoms with van der Waals surface area (Å²) in [5.74, 6) is 0.741. The Balaban J connectivity index is 1.43. The molecule has 7 heteroatoms. The second-order valence-electron chi connectivity index (χ2n) is 7.06. The molecule has 1 aliphatic heterocycles. The molecule has 3 rings (SSSR count). The molecule has 2 N–H and O–H groups in total. The van der Waals surface area contributed by atoms with Gasteiger partial charge in [-0.3, -0.25) is 4.99 Å². The van der Waals surface area contributed by atoms with Crippen molar-refractivity contribution in [3.8, 4) is 0 Å². The van der Waals surface area contributed by atoms with Gasteiger partial charge in [0.1, 0.15) is 0 Å². The van der Waals surface area contributed by atoms with Gasteiger partial charge in [-0.25, -0.2) is 8.42 Å². The molecule has 1 aliphatic rings. The van der Waals surface area contributed by atoms with E-state index in [1.54, 1.807) is 19.2 Å². The fraction of sp³-hybridized carbons (Fsp3) is 0.318. The lowest BCUT2D eigenvalue weighted by Gasteiger charge is -2.18. The Morgan fingerprint density at radius 2 is 1.59 bits per heavy atom. The van der Waals surface area contributed by atoms with E-state index >= 15 is 0 Å². The number of nitrogens with zero attached hydrogens (tertiary/aromatic N) is 2. The third-order valence-corrected chi connectivity index (χ3v) is 5.99. The molecule has 0 amide bonds. The molecular weight excluding hydrogens is 384 g/mol. The largest absolute Gasteiger partial charge is 0.364 e.